The molecule has 1 atom stereocenters. The Morgan fingerprint density at radius 2 is 2.00 bits per heavy atom. The Labute approximate surface area is 187 Å². The molecule has 0 radical (unpaired) electrons. The second kappa shape index (κ2) is 7.49. The molecule has 9 nitrogen and oxygen atoms in total. The first kappa shape index (κ1) is 21.6. The smallest absolute Gasteiger partial charge is 0.408 e. The van der Waals surface area contributed by atoms with E-state index in [9.17, 15) is 13.2 Å². The molecule has 31 heavy (non-hydrogen) atoms. The summed E-state index contributed by atoms with van der Waals surface area (Å²) in [6.07, 6.45) is 0.566. The zero-order valence-corrected chi connectivity index (χ0v) is 19.7. The van der Waals surface area contributed by atoms with Gasteiger partial charge in [0.2, 0.25) is 15.0 Å². The first-order chi connectivity index (χ1) is 14.4. The number of hydrogen-bond donors (Lipinski definition) is 1. The summed E-state index contributed by atoms with van der Waals surface area (Å²) in [5, 5.41) is 2.68. The predicted octanol–water partition coefficient (Wildman–Crippen LogP) is 3.54. The lowest BCUT2D eigenvalue weighted by Crippen LogP contribution is -2.35. The zero-order valence-electron chi connectivity index (χ0n) is 17.3. The molecular formula is C20H21BrN4O5S. The molecule has 1 aliphatic rings. The summed E-state index contributed by atoms with van der Waals surface area (Å²) in [6, 6.07) is 8.27. The van der Waals surface area contributed by atoms with Crippen LogP contribution in [0.3, 0.4) is 0 Å². The number of aromatic nitrogens is 3. The number of hydrogen-bond acceptors (Lipinski definition) is 7. The van der Waals surface area contributed by atoms with E-state index < -0.39 is 21.5 Å². The molecule has 2 aromatic heterocycles. The van der Waals surface area contributed by atoms with Gasteiger partial charge < -0.3 is 14.8 Å². The van der Waals surface area contributed by atoms with Crippen LogP contribution in [0, 0.1) is 0 Å². The minimum Gasteiger partial charge on any atom is -0.491 e. The largest absolute Gasteiger partial charge is 0.491 e. The first-order valence-electron chi connectivity index (χ1n) is 9.44. The lowest BCUT2D eigenvalue weighted by atomic mass is 10.1. The van der Waals surface area contributed by atoms with Gasteiger partial charge in [-0.1, -0.05) is 6.07 Å². The van der Waals surface area contributed by atoms with E-state index in [4.69, 9.17) is 9.47 Å². The van der Waals surface area contributed by atoms with Crippen LogP contribution in [-0.4, -0.2) is 47.5 Å². The highest BCUT2D eigenvalue weighted by molar-refractivity contribution is 9.10. The van der Waals surface area contributed by atoms with E-state index in [1.54, 1.807) is 51.1 Å². The molecule has 3 aromatic rings. The van der Waals surface area contributed by atoms with E-state index in [1.165, 1.54) is 4.57 Å². The molecule has 164 valence electrons. The van der Waals surface area contributed by atoms with E-state index in [0.29, 0.717) is 27.2 Å². The van der Waals surface area contributed by atoms with E-state index >= 15 is 0 Å². The number of alkyl carbamates (subject to hydrolysis) is 1. The molecule has 0 unspecified atom stereocenters. The van der Waals surface area contributed by atoms with Crippen molar-refractivity contribution < 1.29 is 22.7 Å². The second-order valence-electron chi connectivity index (χ2n) is 8.21. The topological polar surface area (TPSA) is 112 Å². The molecular weight excluding hydrogens is 488 g/mol. The van der Waals surface area contributed by atoms with Crippen LogP contribution in [0.15, 0.2) is 40.1 Å². The van der Waals surface area contributed by atoms with Crippen molar-refractivity contribution >= 4 is 43.0 Å². The number of rotatable bonds is 3. The summed E-state index contributed by atoms with van der Waals surface area (Å²) in [4.78, 5) is 20.8. The number of sulfone groups is 1. The van der Waals surface area contributed by atoms with Gasteiger partial charge in [0, 0.05) is 17.9 Å². The van der Waals surface area contributed by atoms with Crippen molar-refractivity contribution in [2.24, 2.45) is 0 Å². The van der Waals surface area contributed by atoms with Gasteiger partial charge in [0.05, 0.1) is 11.7 Å². The SMILES string of the molecule is CC(C)(C)OC(=O)N[C@H]1COc2cc(-n3c(S(C)(=O)=O)nc4ccc(Br)nc43)ccc21. The number of imidazole rings is 1. The fourth-order valence-corrected chi connectivity index (χ4v) is 4.39. The van der Waals surface area contributed by atoms with Crippen LogP contribution in [0.2, 0.25) is 0 Å². The Balaban J connectivity index is 1.73. The molecule has 4 rings (SSSR count). The fourth-order valence-electron chi connectivity index (χ4n) is 3.30. The van der Waals surface area contributed by atoms with Gasteiger partial charge in [0.15, 0.2) is 5.65 Å². The third-order valence-electron chi connectivity index (χ3n) is 4.50. The molecule has 0 saturated heterocycles. The van der Waals surface area contributed by atoms with Gasteiger partial charge in [-0.15, -0.1) is 0 Å². The van der Waals surface area contributed by atoms with Crippen LogP contribution in [0.4, 0.5) is 4.79 Å². The molecule has 0 saturated carbocycles. The Kier molecular flexibility index (Phi) is 5.21. The Morgan fingerprint density at radius 3 is 2.68 bits per heavy atom. The summed E-state index contributed by atoms with van der Waals surface area (Å²) in [6.45, 7) is 5.61. The lowest BCUT2D eigenvalue weighted by molar-refractivity contribution is 0.0497. The van der Waals surface area contributed by atoms with Crippen LogP contribution in [-0.2, 0) is 14.6 Å². The normalized spacial score (nSPS) is 16.1. The van der Waals surface area contributed by atoms with Gasteiger partial charge in [-0.2, -0.15) is 0 Å². The Morgan fingerprint density at radius 1 is 1.26 bits per heavy atom. The number of nitrogens with one attached hydrogen (secondary N) is 1. The average Bonchev–Trinajstić information content (AvgIpc) is 3.20. The number of carbonyl (C=O) groups is 1. The first-order valence-corrected chi connectivity index (χ1v) is 12.1. The summed E-state index contributed by atoms with van der Waals surface area (Å²) in [5.41, 5.74) is 1.55. The minimum absolute atomic E-state index is 0.116. The van der Waals surface area contributed by atoms with Gasteiger partial charge in [-0.05, 0) is 54.9 Å². The molecule has 0 aliphatic carbocycles. The van der Waals surface area contributed by atoms with E-state index in [2.05, 4.69) is 31.2 Å². The maximum Gasteiger partial charge on any atom is 0.408 e. The standard InChI is InChI=1S/C20H21BrN4O5S/c1-20(2,3)30-19(26)23-14-10-29-15-9-11(5-6-12(14)15)25-17-13(7-8-16(21)24-17)22-18(25)31(4,27)28/h5-9,14H,10H2,1-4H3,(H,23,26)/t14-/m0/s1. The maximum atomic E-state index is 12.4. The Hall–Kier alpha value is -2.66. The zero-order chi connectivity index (χ0) is 22.6. The number of nitrogens with zero attached hydrogens (tertiary/aromatic N) is 3. The van der Waals surface area contributed by atoms with Crippen molar-refractivity contribution in [1.29, 1.82) is 0 Å². The van der Waals surface area contributed by atoms with Crippen LogP contribution in [0.5, 0.6) is 5.75 Å². The average molecular weight is 509 g/mol. The van der Waals surface area contributed by atoms with E-state index in [0.717, 1.165) is 11.8 Å². The van der Waals surface area contributed by atoms with Crippen molar-refractivity contribution in [2.45, 2.75) is 37.6 Å². The van der Waals surface area contributed by atoms with E-state index in [-0.39, 0.29) is 17.8 Å². The molecule has 0 fully saturated rings. The summed E-state index contributed by atoms with van der Waals surface area (Å²) < 4.78 is 37.9. The lowest BCUT2D eigenvalue weighted by Gasteiger charge is -2.21. The molecule has 0 bridgehead atoms. The van der Waals surface area contributed by atoms with Crippen LogP contribution < -0.4 is 10.1 Å². The molecule has 1 aliphatic heterocycles. The van der Waals surface area contributed by atoms with Crippen LogP contribution in [0.25, 0.3) is 16.9 Å². The van der Waals surface area contributed by atoms with Gasteiger partial charge in [-0.3, -0.25) is 4.57 Å². The van der Waals surface area contributed by atoms with Crippen molar-refractivity contribution in [2.75, 3.05) is 12.9 Å². The quantitative estimate of drug-likeness (QED) is 0.538. The third-order valence-corrected chi connectivity index (χ3v) is 5.88. The third kappa shape index (κ3) is 4.38. The molecule has 0 spiro atoms. The monoisotopic (exact) mass is 508 g/mol. The second-order valence-corrected chi connectivity index (χ2v) is 10.9. The fraction of sp³-hybridized carbons (Fsp3) is 0.350. The minimum atomic E-state index is -3.63. The van der Waals surface area contributed by atoms with Gasteiger partial charge >= 0.3 is 6.09 Å². The van der Waals surface area contributed by atoms with Gasteiger partial charge in [-0.25, -0.2) is 23.2 Å². The maximum absolute atomic E-state index is 12.4. The number of pyridine rings is 1. The van der Waals surface area contributed by atoms with Crippen molar-refractivity contribution in [3.05, 3.63) is 40.5 Å². The van der Waals surface area contributed by atoms with Crippen molar-refractivity contribution in [3.63, 3.8) is 0 Å². The number of carbonyl (C=O) groups excluding carboxylic acids is 1. The van der Waals surface area contributed by atoms with Crippen LogP contribution >= 0.6 is 15.9 Å². The highest BCUT2D eigenvalue weighted by Gasteiger charge is 2.29. The molecule has 11 heteroatoms. The molecule has 1 amide bonds. The van der Waals surface area contributed by atoms with Crippen molar-refractivity contribution in [3.8, 4) is 11.4 Å². The Bertz CT molecular complexity index is 1300. The summed E-state index contributed by atoms with van der Waals surface area (Å²) in [5.74, 6) is 0.537. The molecule has 3 heterocycles. The van der Waals surface area contributed by atoms with Crippen molar-refractivity contribution in [1.82, 2.24) is 19.9 Å². The van der Waals surface area contributed by atoms with Gasteiger partial charge in [0.25, 0.3) is 0 Å². The number of amides is 1. The highest BCUT2D eigenvalue weighted by Crippen LogP contribution is 2.36. The number of halogens is 1. The van der Waals surface area contributed by atoms with Gasteiger partial charge in [0.1, 0.15) is 28.1 Å². The predicted molar refractivity (Wildman–Crippen MR) is 117 cm³/mol. The summed E-state index contributed by atoms with van der Waals surface area (Å²) >= 11 is 3.32. The summed E-state index contributed by atoms with van der Waals surface area (Å²) in [7, 11) is -3.63. The number of ether oxygens (including phenoxy) is 2. The highest BCUT2D eigenvalue weighted by atomic mass is 79.9. The number of benzene rings is 1. The molecule has 1 N–H and O–H groups in total. The van der Waals surface area contributed by atoms with E-state index in [1.807, 2.05) is 0 Å². The molecule has 1 aromatic carbocycles. The van der Waals surface area contributed by atoms with Crippen LogP contribution in [0.1, 0.15) is 32.4 Å². The number of fused-ring (bicyclic) bond motifs is 2.